The molecular formula is C9H5F3NO2S+. The van der Waals surface area contributed by atoms with Gasteiger partial charge in [0.05, 0.1) is 5.56 Å². The van der Waals surface area contributed by atoms with Crippen LogP contribution < -0.4 is 0 Å². The van der Waals surface area contributed by atoms with E-state index in [9.17, 15) is 18.3 Å². The van der Waals surface area contributed by atoms with Crippen LogP contribution in [0, 0.1) is 0 Å². The Bertz CT molecular complexity index is 492. The van der Waals surface area contributed by atoms with Crippen molar-refractivity contribution in [3.05, 3.63) is 29.8 Å². The number of nitrogens with zero attached hydrogens (tertiary/aromatic N) is 1. The number of halogens is 3. The average Bonchev–Trinajstić information content (AvgIpc) is 2.63. The van der Waals surface area contributed by atoms with Crippen LogP contribution in [0.1, 0.15) is 5.56 Å². The van der Waals surface area contributed by atoms with Crippen molar-refractivity contribution in [2.75, 3.05) is 0 Å². The fourth-order valence-corrected chi connectivity index (χ4v) is 1.70. The zero-order chi connectivity index (χ0) is 11.8. The molecule has 0 spiro atoms. The van der Waals surface area contributed by atoms with Crippen LogP contribution >= 0.6 is 11.5 Å². The van der Waals surface area contributed by atoms with Gasteiger partial charge in [0.15, 0.2) is 0 Å². The molecular weight excluding hydrogens is 243 g/mol. The minimum absolute atomic E-state index is 0.300. The summed E-state index contributed by atoms with van der Waals surface area (Å²) in [6, 6.07) is 4.39. The van der Waals surface area contributed by atoms with Gasteiger partial charge < -0.3 is 5.11 Å². The Kier molecular flexibility index (Phi) is 2.55. The van der Waals surface area contributed by atoms with Crippen molar-refractivity contribution in [1.82, 2.24) is 4.55 Å². The topological polar surface area (TPSA) is 44.4 Å². The molecule has 0 bridgehead atoms. The van der Waals surface area contributed by atoms with Gasteiger partial charge in [-0.1, -0.05) is 12.1 Å². The number of hydrogen-bond donors (Lipinski definition) is 1. The molecule has 0 saturated carbocycles. The molecule has 0 fully saturated rings. The van der Waals surface area contributed by atoms with Crippen LogP contribution in [0.2, 0.25) is 0 Å². The molecule has 1 aromatic heterocycles. The van der Waals surface area contributed by atoms with Gasteiger partial charge in [-0.25, -0.2) is 0 Å². The first-order valence-corrected chi connectivity index (χ1v) is 4.91. The molecule has 1 heterocycles. The highest BCUT2D eigenvalue weighted by molar-refractivity contribution is 7.09. The molecule has 0 saturated heterocycles. The number of hydrogen-bond acceptors (Lipinski definition) is 3. The molecule has 1 N–H and O–H groups in total. The normalized spacial score (nSPS) is 11.7. The molecule has 2 rings (SSSR count). The van der Waals surface area contributed by atoms with E-state index >= 15 is 0 Å². The van der Waals surface area contributed by atoms with E-state index in [1.165, 1.54) is 12.1 Å². The third-order valence-corrected chi connectivity index (χ3v) is 2.66. The van der Waals surface area contributed by atoms with Gasteiger partial charge in [0.2, 0.25) is 4.88 Å². The molecule has 0 aliphatic heterocycles. The lowest BCUT2D eigenvalue weighted by atomic mass is 10.1. The first kappa shape index (κ1) is 10.9. The van der Waals surface area contributed by atoms with Gasteiger partial charge in [-0.05, 0) is 12.1 Å². The maximum absolute atomic E-state index is 12.3. The van der Waals surface area contributed by atoms with Gasteiger partial charge in [0.1, 0.15) is 4.55 Å². The Morgan fingerprint density at radius 2 is 1.81 bits per heavy atom. The predicted molar refractivity (Wildman–Crippen MR) is 50.9 cm³/mol. The van der Waals surface area contributed by atoms with Crippen molar-refractivity contribution < 1.29 is 22.8 Å². The zero-order valence-electron chi connectivity index (χ0n) is 7.65. The summed E-state index contributed by atoms with van der Waals surface area (Å²) in [6.07, 6.45) is -4.36. The summed E-state index contributed by atoms with van der Waals surface area (Å²) in [4.78, 5) is 0.300. The Morgan fingerprint density at radius 1 is 1.19 bits per heavy atom. The van der Waals surface area contributed by atoms with E-state index in [0.717, 1.165) is 23.7 Å². The van der Waals surface area contributed by atoms with Gasteiger partial charge >= 0.3 is 12.1 Å². The third-order valence-electron chi connectivity index (χ3n) is 1.92. The Labute approximate surface area is 91.9 Å². The van der Waals surface area contributed by atoms with E-state index in [4.69, 9.17) is 0 Å². The first-order valence-electron chi connectivity index (χ1n) is 4.14. The van der Waals surface area contributed by atoms with Crippen LogP contribution in [0.25, 0.3) is 10.4 Å². The average molecular weight is 248 g/mol. The molecule has 3 nitrogen and oxygen atoms in total. The number of rotatable bonds is 1. The lowest BCUT2D eigenvalue weighted by molar-refractivity contribution is -0.137. The lowest BCUT2D eigenvalue weighted by Crippen LogP contribution is -2.03. The quantitative estimate of drug-likeness (QED) is 0.786. The summed E-state index contributed by atoms with van der Waals surface area (Å²) in [5.41, 5.74) is -0.311. The smallest absolute Gasteiger partial charge is 0.332 e. The summed E-state index contributed by atoms with van der Waals surface area (Å²) >= 11 is 0.868. The highest BCUT2D eigenvalue weighted by Crippen LogP contribution is 2.35. The highest BCUT2D eigenvalue weighted by Gasteiger charge is 2.30. The summed E-state index contributed by atoms with van der Waals surface area (Å²) in [5, 5.41) is 9.19. The molecule has 0 amide bonds. The number of aromatic nitrogens is 1. The van der Waals surface area contributed by atoms with Crippen LogP contribution in [0.3, 0.4) is 0 Å². The molecule has 0 radical (unpaired) electrons. The van der Waals surface area contributed by atoms with Crippen molar-refractivity contribution in [3.8, 4) is 16.4 Å². The summed E-state index contributed by atoms with van der Waals surface area (Å²) in [7, 11) is 0. The number of benzene rings is 1. The van der Waals surface area contributed by atoms with Crippen molar-refractivity contribution in [2.45, 2.75) is 6.18 Å². The van der Waals surface area contributed by atoms with Gasteiger partial charge in [0.25, 0.3) is 0 Å². The standard InChI is InChI=1S/C9H4F3NO2S/c10-9(11,12)6-3-1-5(2-4-6)7-8(14)15-13-16-7/h1-4H/p+1. The highest BCUT2D eigenvalue weighted by atomic mass is 32.1. The summed E-state index contributed by atoms with van der Waals surface area (Å²) in [5.74, 6) is -0.398. The van der Waals surface area contributed by atoms with Crippen LogP contribution in [0.4, 0.5) is 13.2 Å². The summed E-state index contributed by atoms with van der Waals surface area (Å²) < 4.78 is 44.6. The molecule has 1 aromatic carbocycles. The van der Waals surface area contributed by atoms with Gasteiger partial charge in [-0.15, -0.1) is 4.52 Å². The minimum atomic E-state index is -4.36. The van der Waals surface area contributed by atoms with Crippen molar-refractivity contribution in [2.24, 2.45) is 0 Å². The van der Waals surface area contributed by atoms with Crippen LogP contribution in [0.15, 0.2) is 28.8 Å². The second-order valence-electron chi connectivity index (χ2n) is 2.97. The Balaban J connectivity index is 2.37. The molecule has 84 valence electrons. The van der Waals surface area contributed by atoms with Crippen LogP contribution in [-0.4, -0.2) is 9.65 Å². The lowest BCUT2D eigenvalue weighted by Gasteiger charge is -2.05. The largest absolute Gasteiger partial charge is 0.566 e. The van der Waals surface area contributed by atoms with Crippen LogP contribution in [-0.2, 0) is 6.18 Å². The maximum atomic E-state index is 12.3. The first-order chi connectivity index (χ1) is 7.48. The van der Waals surface area contributed by atoms with E-state index in [2.05, 4.69) is 9.07 Å². The van der Waals surface area contributed by atoms with Crippen molar-refractivity contribution in [1.29, 1.82) is 0 Å². The van der Waals surface area contributed by atoms with E-state index < -0.39 is 17.7 Å². The number of alkyl halides is 3. The fourth-order valence-electron chi connectivity index (χ4n) is 1.16. The number of aromatic hydroxyl groups is 1. The molecule has 7 heteroatoms. The minimum Gasteiger partial charge on any atom is -0.332 e. The van der Waals surface area contributed by atoms with E-state index in [0.29, 0.717) is 10.4 Å². The molecule has 0 aliphatic carbocycles. The fraction of sp³-hybridized carbons (Fsp3) is 0.111. The monoisotopic (exact) mass is 248 g/mol. The molecule has 0 aliphatic rings. The van der Waals surface area contributed by atoms with Gasteiger partial charge in [0, 0.05) is 17.1 Å². The maximum Gasteiger partial charge on any atom is 0.566 e. The van der Waals surface area contributed by atoms with Gasteiger partial charge in [-0.2, -0.15) is 13.2 Å². The predicted octanol–water partition coefficient (Wildman–Crippen LogP) is 3.41. The van der Waals surface area contributed by atoms with E-state index in [1.807, 2.05) is 0 Å². The Morgan fingerprint density at radius 3 is 2.25 bits per heavy atom. The summed E-state index contributed by atoms with van der Waals surface area (Å²) in [6.45, 7) is 0. The van der Waals surface area contributed by atoms with Crippen molar-refractivity contribution in [3.63, 3.8) is 0 Å². The third kappa shape index (κ3) is 1.99. The molecule has 0 unspecified atom stereocenters. The molecule has 0 atom stereocenters. The van der Waals surface area contributed by atoms with E-state index in [1.54, 1.807) is 0 Å². The van der Waals surface area contributed by atoms with Crippen LogP contribution in [0.5, 0.6) is 5.95 Å². The zero-order valence-corrected chi connectivity index (χ0v) is 8.47. The van der Waals surface area contributed by atoms with E-state index in [-0.39, 0.29) is 0 Å². The van der Waals surface area contributed by atoms with Crippen molar-refractivity contribution >= 4 is 11.5 Å². The molecule has 16 heavy (non-hydrogen) atoms. The molecule has 2 aromatic rings. The Hall–Kier alpha value is -1.63. The second-order valence-corrected chi connectivity index (χ2v) is 3.71. The SMILES string of the molecule is Oc1[o+]nsc1-c1ccc(C(F)(F)F)cc1. The van der Waals surface area contributed by atoms with Gasteiger partial charge in [-0.3, -0.25) is 0 Å². The second kappa shape index (κ2) is 3.75.